The van der Waals surface area contributed by atoms with Gasteiger partial charge in [-0.2, -0.15) is 0 Å². The molecule has 0 saturated heterocycles. The second-order valence-corrected chi connectivity index (χ2v) is 10.9. The lowest BCUT2D eigenvalue weighted by molar-refractivity contribution is 0.154. The third-order valence-corrected chi connectivity index (χ3v) is 8.06. The Balaban J connectivity index is 1.58. The van der Waals surface area contributed by atoms with Gasteiger partial charge in [0.1, 0.15) is 5.82 Å². The van der Waals surface area contributed by atoms with Crippen molar-refractivity contribution >= 4 is 43.3 Å². The average Bonchev–Trinajstić information content (AvgIpc) is 3.13. The highest BCUT2D eigenvalue weighted by atomic mass is 32.2. The molecule has 0 radical (unpaired) electrons. The summed E-state index contributed by atoms with van der Waals surface area (Å²) in [4.78, 5) is 14.5. The molecule has 0 saturated carbocycles. The zero-order valence-corrected chi connectivity index (χ0v) is 19.0. The van der Waals surface area contributed by atoms with Gasteiger partial charge < -0.3 is 5.11 Å². The SMILES string of the molecule is CSc1cnc(CC[C@H](O)CCc2nc3ccc(S(=O)(=O)N(C)C)cc3s2)nc1. The Morgan fingerprint density at radius 3 is 2.52 bits per heavy atom. The van der Waals surface area contributed by atoms with Crippen molar-refractivity contribution in [3.8, 4) is 0 Å². The third kappa shape index (κ3) is 5.52. The Bertz CT molecular complexity index is 1070. The van der Waals surface area contributed by atoms with Crippen molar-refractivity contribution in [1.82, 2.24) is 19.3 Å². The lowest BCUT2D eigenvalue weighted by Crippen LogP contribution is -2.22. The van der Waals surface area contributed by atoms with Crippen LogP contribution in [0.2, 0.25) is 0 Å². The van der Waals surface area contributed by atoms with Crippen LogP contribution in [0.3, 0.4) is 0 Å². The van der Waals surface area contributed by atoms with E-state index in [1.54, 1.807) is 42.4 Å². The number of aliphatic hydroxyl groups is 1. The topological polar surface area (TPSA) is 96.3 Å². The fraction of sp³-hybridized carbons (Fsp3) is 0.421. The van der Waals surface area contributed by atoms with E-state index in [2.05, 4.69) is 15.0 Å². The molecule has 7 nitrogen and oxygen atoms in total. The Kier molecular flexibility index (Phi) is 7.23. The lowest BCUT2D eigenvalue weighted by Gasteiger charge is -2.10. The van der Waals surface area contributed by atoms with E-state index in [1.807, 2.05) is 6.26 Å². The number of benzene rings is 1. The number of thiazole rings is 1. The van der Waals surface area contributed by atoms with Crippen LogP contribution >= 0.6 is 23.1 Å². The van der Waals surface area contributed by atoms with E-state index in [1.165, 1.54) is 29.7 Å². The van der Waals surface area contributed by atoms with Gasteiger partial charge >= 0.3 is 0 Å². The summed E-state index contributed by atoms with van der Waals surface area (Å²) in [7, 11) is -0.434. The number of aromatic nitrogens is 3. The third-order valence-electron chi connectivity index (χ3n) is 4.49. The van der Waals surface area contributed by atoms with E-state index in [-0.39, 0.29) is 4.90 Å². The monoisotopic (exact) mass is 452 g/mol. The summed E-state index contributed by atoms with van der Waals surface area (Å²) in [6, 6.07) is 4.98. The summed E-state index contributed by atoms with van der Waals surface area (Å²) in [5, 5.41) is 11.2. The summed E-state index contributed by atoms with van der Waals surface area (Å²) < 4.78 is 26.6. The molecule has 1 aromatic carbocycles. The molecule has 2 aromatic heterocycles. The van der Waals surface area contributed by atoms with Gasteiger partial charge in [0, 0.05) is 44.2 Å². The summed E-state index contributed by atoms with van der Waals surface area (Å²) in [5.74, 6) is 0.733. The molecule has 0 aliphatic heterocycles. The van der Waals surface area contributed by atoms with Gasteiger partial charge in [0.15, 0.2) is 0 Å². The molecule has 3 aromatic rings. The maximum atomic E-state index is 12.3. The maximum absolute atomic E-state index is 12.3. The molecule has 29 heavy (non-hydrogen) atoms. The van der Waals surface area contributed by atoms with Gasteiger partial charge in [-0.25, -0.2) is 27.7 Å². The summed E-state index contributed by atoms with van der Waals surface area (Å²) in [6.45, 7) is 0. The van der Waals surface area contributed by atoms with Gasteiger partial charge in [0.25, 0.3) is 0 Å². The van der Waals surface area contributed by atoms with Crippen molar-refractivity contribution in [2.24, 2.45) is 0 Å². The minimum atomic E-state index is -3.46. The lowest BCUT2D eigenvalue weighted by atomic mass is 10.1. The Morgan fingerprint density at radius 2 is 1.86 bits per heavy atom. The largest absolute Gasteiger partial charge is 0.393 e. The van der Waals surface area contributed by atoms with Crippen molar-refractivity contribution in [2.45, 2.75) is 41.6 Å². The van der Waals surface area contributed by atoms with E-state index >= 15 is 0 Å². The quantitative estimate of drug-likeness (QED) is 0.499. The molecule has 10 heteroatoms. The molecule has 0 bridgehead atoms. The van der Waals surface area contributed by atoms with E-state index in [9.17, 15) is 13.5 Å². The van der Waals surface area contributed by atoms with Crippen molar-refractivity contribution < 1.29 is 13.5 Å². The van der Waals surface area contributed by atoms with Crippen LogP contribution in [0.4, 0.5) is 0 Å². The van der Waals surface area contributed by atoms with E-state index in [0.29, 0.717) is 25.7 Å². The standard InChI is InChI=1S/C19H24N4O3S3/c1-23(2)29(25,26)15-6-7-16-17(10-15)28-19(22-16)9-5-13(24)4-8-18-20-11-14(27-3)12-21-18/h6-7,10-13,24H,4-5,8-9H2,1-3H3/t13-/m0/s1. The first kappa shape index (κ1) is 22.1. The van der Waals surface area contributed by atoms with E-state index < -0.39 is 16.1 Å². The highest BCUT2D eigenvalue weighted by Gasteiger charge is 2.18. The smallest absolute Gasteiger partial charge is 0.242 e. The number of thioether (sulfide) groups is 1. The molecular weight excluding hydrogens is 428 g/mol. The zero-order chi connectivity index (χ0) is 21.0. The van der Waals surface area contributed by atoms with Crippen LogP contribution in [0, 0.1) is 0 Å². The van der Waals surface area contributed by atoms with Gasteiger partial charge in [-0.15, -0.1) is 23.1 Å². The second kappa shape index (κ2) is 9.48. The van der Waals surface area contributed by atoms with Gasteiger partial charge in [0.05, 0.1) is 26.2 Å². The number of hydrogen-bond acceptors (Lipinski definition) is 8. The molecular formula is C19H24N4O3S3. The van der Waals surface area contributed by atoms with Crippen molar-refractivity contribution in [2.75, 3.05) is 20.4 Å². The van der Waals surface area contributed by atoms with Crippen LogP contribution in [-0.4, -0.2) is 59.2 Å². The molecule has 1 N–H and O–H groups in total. The number of hydrogen-bond donors (Lipinski definition) is 1. The Labute approximate surface area is 179 Å². The van der Waals surface area contributed by atoms with Crippen LogP contribution in [0.15, 0.2) is 40.4 Å². The maximum Gasteiger partial charge on any atom is 0.242 e. The Morgan fingerprint density at radius 1 is 1.17 bits per heavy atom. The predicted octanol–water partition coefficient (Wildman–Crippen LogP) is 2.98. The fourth-order valence-electron chi connectivity index (χ4n) is 2.74. The zero-order valence-electron chi connectivity index (χ0n) is 16.6. The molecule has 2 heterocycles. The van der Waals surface area contributed by atoms with Crippen molar-refractivity contribution in [3.05, 3.63) is 41.4 Å². The first-order valence-electron chi connectivity index (χ1n) is 9.14. The predicted molar refractivity (Wildman–Crippen MR) is 117 cm³/mol. The highest BCUT2D eigenvalue weighted by molar-refractivity contribution is 7.98. The molecule has 0 amide bonds. The molecule has 0 unspecified atom stereocenters. The average molecular weight is 453 g/mol. The second-order valence-electron chi connectivity index (χ2n) is 6.79. The van der Waals surface area contributed by atoms with Crippen molar-refractivity contribution in [3.63, 3.8) is 0 Å². The summed E-state index contributed by atoms with van der Waals surface area (Å²) in [5.41, 5.74) is 0.777. The van der Waals surface area contributed by atoms with Crippen molar-refractivity contribution in [1.29, 1.82) is 0 Å². The van der Waals surface area contributed by atoms with Gasteiger partial charge in [-0.1, -0.05) is 0 Å². The molecule has 0 fully saturated rings. The van der Waals surface area contributed by atoms with Crippen LogP contribution in [0.25, 0.3) is 10.2 Å². The van der Waals surface area contributed by atoms with Crippen LogP contribution in [0.5, 0.6) is 0 Å². The number of aliphatic hydroxyl groups excluding tert-OH is 1. The van der Waals surface area contributed by atoms with Gasteiger partial charge in [-0.3, -0.25) is 0 Å². The summed E-state index contributed by atoms with van der Waals surface area (Å²) >= 11 is 3.06. The Hall–Kier alpha value is -1.59. The number of fused-ring (bicyclic) bond motifs is 1. The molecule has 3 rings (SSSR count). The van der Waals surface area contributed by atoms with Crippen LogP contribution in [-0.2, 0) is 22.9 Å². The number of rotatable bonds is 9. The number of nitrogens with zero attached hydrogens (tertiary/aromatic N) is 4. The molecule has 0 aliphatic rings. The fourth-order valence-corrected chi connectivity index (χ4v) is 5.08. The molecule has 1 atom stereocenters. The summed E-state index contributed by atoms with van der Waals surface area (Å²) in [6.07, 6.45) is 7.56. The number of sulfonamides is 1. The van der Waals surface area contributed by atoms with Gasteiger partial charge in [0.2, 0.25) is 10.0 Å². The molecule has 156 valence electrons. The van der Waals surface area contributed by atoms with Crippen LogP contribution in [0.1, 0.15) is 23.7 Å². The van der Waals surface area contributed by atoms with Crippen LogP contribution < -0.4 is 0 Å². The van der Waals surface area contributed by atoms with E-state index in [4.69, 9.17) is 0 Å². The van der Waals surface area contributed by atoms with E-state index in [0.717, 1.165) is 25.9 Å². The first-order valence-corrected chi connectivity index (χ1v) is 12.6. The molecule has 0 spiro atoms. The molecule has 0 aliphatic carbocycles. The first-order chi connectivity index (χ1) is 13.8. The minimum Gasteiger partial charge on any atom is -0.393 e. The highest BCUT2D eigenvalue weighted by Crippen LogP contribution is 2.27. The minimum absolute atomic E-state index is 0.262. The number of aryl methyl sites for hydroxylation is 2. The van der Waals surface area contributed by atoms with Gasteiger partial charge in [-0.05, 0) is 37.3 Å². The normalized spacial score (nSPS) is 13.3.